The van der Waals surface area contributed by atoms with Crippen LogP contribution in [-0.4, -0.2) is 17.1 Å². The molecule has 0 N–H and O–H groups in total. The summed E-state index contributed by atoms with van der Waals surface area (Å²) in [7, 11) is 0. The number of aromatic nitrogens is 1. The second-order valence-electron chi connectivity index (χ2n) is 3.56. The van der Waals surface area contributed by atoms with Crippen molar-refractivity contribution in [2.24, 2.45) is 0 Å². The van der Waals surface area contributed by atoms with Crippen molar-refractivity contribution in [2.45, 2.75) is 13.5 Å². The highest BCUT2D eigenvalue weighted by molar-refractivity contribution is 7.16. The van der Waals surface area contributed by atoms with Crippen molar-refractivity contribution in [3.05, 3.63) is 44.3 Å². The highest BCUT2D eigenvalue weighted by Gasteiger charge is 2.11. The van der Waals surface area contributed by atoms with Crippen LogP contribution in [0.5, 0.6) is 0 Å². The SMILES string of the molecule is CCOC(=O)Cn1c(=O)sc2ccccc2c1=O. The molecule has 0 saturated heterocycles. The molecular formula is C12H11NO4S. The smallest absolute Gasteiger partial charge is 0.326 e. The molecule has 0 atom stereocenters. The number of fused-ring (bicyclic) bond motifs is 1. The van der Waals surface area contributed by atoms with Gasteiger partial charge in [0.2, 0.25) is 0 Å². The van der Waals surface area contributed by atoms with Gasteiger partial charge in [-0.3, -0.25) is 19.0 Å². The van der Waals surface area contributed by atoms with Crippen LogP contribution in [0, 0.1) is 0 Å². The van der Waals surface area contributed by atoms with Crippen LogP contribution >= 0.6 is 11.3 Å². The Morgan fingerprint density at radius 3 is 2.78 bits per heavy atom. The first-order valence-corrected chi connectivity index (χ1v) is 6.23. The number of nitrogens with zero attached hydrogens (tertiary/aromatic N) is 1. The first-order valence-electron chi connectivity index (χ1n) is 5.41. The van der Waals surface area contributed by atoms with Gasteiger partial charge in [-0.05, 0) is 19.1 Å². The molecule has 0 fully saturated rings. The van der Waals surface area contributed by atoms with Crippen molar-refractivity contribution >= 4 is 27.4 Å². The van der Waals surface area contributed by atoms with E-state index in [2.05, 4.69) is 0 Å². The lowest BCUT2D eigenvalue weighted by molar-refractivity contribution is -0.143. The lowest BCUT2D eigenvalue weighted by Gasteiger charge is -2.04. The minimum Gasteiger partial charge on any atom is -0.465 e. The summed E-state index contributed by atoms with van der Waals surface area (Å²) in [6.07, 6.45) is 0. The van der Waals surface area contributed by atoms with Gasteiger partial charge in [0, 0.05) is 4.70 Å². The molecule has 0 radical (unpaired) electrons. The molecule has 2 aromatic rings. The Bertz CT molecular complexity index is 701. The predicted octanol–water partition coefficient (Wildman–Crippen LogP) is 0.986. The van der Waals surface area contributed by atoms with Crippen LogP contribution < -0.4 is 10.4 Å². The molecule has 0 bridgehead atoms. The lowest BCUT2D eigenvalue weighted by Crippen LogP contribution is -2.34. The number of carbonyl (C=O) groups is 1. The Hall–Kier alpha value is -1.95. The Kier molecular flexibility index (Phi) is 3.57. The number of hydrogen-bond donors (Lipinski definition) is 0. The molecule has 0 unspecified atom stereocenters. The normalized spacial score (nSPS) is 10.5. The van der Waals surface area contributed by atoms with Gasteiger partial charge in [0.15, 0.2) is 0 Å². The summed E-state index contributed by atoms with van der Waals surface area (Å²) in [5, 5.41) is 0.436. The maximum atomic E-state index is 12.1. The van der Waals surface area contributed by atoms with Crippen molar-refractivity contribution in [3.8, 4) is 0 Å². The van der Waals surface area contributed by atoms with E-state index in [0.717, 1.165) is 15.9 Å². The number of rotatable bonds is 3. The van der Waals surface area contributed by atoms with Crippen molar-refractivity contribution in [1.82, 2.24) is 4.57 Å². The molecule has 1 heterocycles. The van der Waals surface area contributed by atoms with Crippen LogP contribution in [0.4, 0.5) is 0 Å². The van der Waals surface area contributed by atoms with Crippen molar-refractivity contribution in [1.29, 1.82) is 0 Å². The highest BCUT2D eigenvalue weighted by atomic mass is 32.1. The fourth-order valence-corrected chi connectivity index (χ4v) is 2.44. The largest absolute Gasteiger partial charge is 0.465 e. The summed E-state index contributed by atoms with van der Waals surface area (Å²) in [5.41, 5.74) is -0.456. The third kappa shape index (κ3) is 2.33. The van der Waals surface area contributed by atoms with Crippen LogP contribution in [0.1, 0.15) is 6.92 Å². The standard InChI is InChI=1S/C12H11NO4S/c1-2-17-10(14)7-13-11(15)8-5-3-4-6-9(8)18-12(13)16/h3-6H,2,7H2,1H3. The average Bonchev–Trinajstić information content (AvgIpc) is 2.35. The minimum atomic E-state index is -0.584. The van der Waals surface area contributed by atoms with Crippen molar-refractivity contribution in [2.75, 3.05) is 6.61 Å². The van der Waals surface area contributed by atoms with E-state index in [0.29, 0.717) is 10.1 Å². The third-order valence-electron chi connectivity index (χ3n) is 2.37. The van der Waals surface area contributed by atoms with Gasteiger partial charge in [-0.1, -0.05) is 23.5 Å². The molecule has 0 amide bonds. The molecule has 1 aromatic carbocycles. The van der Waals surface area contributed by atoms with Gasteiger partial charge >= 0.3 is 10.8 Å². The van der Waals surface area contributed by atoms with E-state index in [1.807, 2.05) is 0 Å². The summed E-state index contributed by atoms with van der Waals surface area (Å²) < 4.78 is 6.26. The number of ether oxygens (including phenoxy) is 1. The van der Waals surface area contributed by atoms with Crippen molar-refractivity contribution < 1.29 is 9.53 Å². The van der Waals surface area contributed by atoms with Gasteiger partial charge in [-0.15, -0.1) is 0 Å². The van der Waals surface area contributed by atoms with Crippen LogP contribution in [0.2, 0.25) is 0 Å². The fourth-order valence-electron chi connectivity index (χ4n) is 1.58. The second kappa shape index (κ2) is 5.14. The molecule has 1 aromatic heterocycles. The monoisotopic (exact) mass is 265 g/mol. The third-order valence-corrected chi connectivity index (χ3v) is 3.34. The lowest BCUT2D eigenvalue weighted by atomic mass is 10.3. The van der Waals surface area contributed by atoms with E-state index in [1.165, 1.54) is 0 Å². The Balaban J connectivity index is 2.55. The maximum absolute atomic E-state index is 12.1. The van der Waals surface area contributed by atoms with E-state index >= 15 is 0 Å². The molecule has 6 heteroatoms. The highest BCUT2D eigenvalue weighted by Crippen LogP contribution is 2.10. The Morgan fingerprint density at radius 1 is 1.33 bits per heavy atom. The van der Waals surface area contributed by atoms with Gasteiger partial charge in [0.25, 0.3) is 5.56 Å². The molecule has 0 aliphatic carbocycles. The Morgan fingerprint density at radius 2 is 2.06 bits per heavy atom. The van der Waals surface area contributed by atoms with E-state index in [9.17, 15) is 14.4 Å². The molecule has 0 saturated carbocycles. The van der Waals surface area contributed by atoms with Crippen molar-refractivity contribution in [3.63, 3.8) is 0 Å². The second-order valence-corrected chi connectivity index (χ2v) is 4.55. The first kappa shape index (κ1) is 12.5. The summed E-state index contributed by atoms with van der Waals surface area (Å²) in [4.78, 5) is 34.7. The van der Waals surface area contributed by atoms with E-state index in [-0.39, 0.29) is 13.2 Å². The molecule has 94 valence electrons. The predicted molar refractivity (Wildman–Crippen MR) is 69.0 cm³/mol. The molecule has 5 nitrogen and oxygen atoms in total. The van der Waals surface area contributed by atoms with Crippen LogP contribution in [-0.2, 0) is 16.1 Å². The molecule has 0 aliphatic rings. The average molecular weight is 265 g/mol. The number of esters is 1. The first-order chi connectivity index (χ1) is 8.63. The number of carbonyl (C=O) groups excluding carboxylic acids is 1. The molecule has 0 aliphatic heterocycles. The van der Waals surface area contributed by atoms with Crippen LogP contribution in [0.3, 0.4) is 0 Å². The molecule has 0 spiro atoms. The van der Waals surface area contributed by atoms with Gasteiger partial charge in [-0.25, -0.2) is 0 Å². The van der Waals surface area contributed by atoms with Gasteiger partial charge < -0.3 is 4.74 Å². The van der Waals surface area contributed by atoms with E-state index < -0.39 is 16.4 Å². The Labute approximate surface area is 106 Å². The zero-order chi connectivity index (χ0) is 13.1. The topological polar surface area (TPSA) is 65.4 Å². The quantitative estimate of drug-likeness (QED) is 0.776. The van der Waals surface area contributed by atoms with Gasteiger partial charge in [0.1, 0.15) is 6.54 Å². The summed E-state index contributed by atoms with van der Waals surface area (Å²) in [6, 6.07) is 6.82. The van der Waals surface area contributed by atoms with Gasteiger partial charge in [-0.2, -0.15) is 0 Å². The molecule has 2 rings (SSSR count). The van der Waals surface area contributed by atoms with Crippen LogP contribution in [0.15, 0.2) is 33.9 Å². The van der Waals surface area contributed by atoms with E-state index in [4.69, 9.17) is 4.74 Å². The summed E-state index contributed by atoms with van der Waals surface area (Å²) in [6.45, 7) is 1.55. The molecule has 18 heavy (non-hydrogen) atoms. The van der Waals surface area contributed by atoms with E-state index in [1.54, 1.807) is 31.2 Å². The fraction of sp³-hybridized carbons (Fsp3) is 0.250. The number of benzene rings is 1. The summed E-state index contributed by atoms with van der Waals surface area (Å²) >= 11 is 0.942. The number of hydrogen-bond acceptors (Lipinski definition) is 5. The zero-order valence-electron chi connectivity index (χ0n) is 9.71. The maximum Gasteiger partial charge on any atom is 0.326 e. The van der Waals surface area contributed by atoms with Crippen LogP contribution in [0.25, 0.3) is 10.1 Å². The molecular weight excluding hydrogens is 254 g/mol. The minimum absolute atomic E-state index is 0.221. The summed E-state index contributed by atoms with van der Waals surface area (Å²) in [5.74, 6) is -0.584. The van der Waals surface area contributed by atoms with Gasteiger partial charge in [0.05, 0.1) is 12.0 Å². The zero-order valence-corrected chi connectivity index (χ0v) is 10.5.